The Hall–Kier alpha value is -1.78. The summed E-state index contributed by atoms with van der Waals surface area (Å²) < 4.78 is 0. The van der Waals surface area contributed by atoms with E-state index in [0.29, 0.717) is 6.04 Å². The van der Waals surface area contributed by atoms with Crippen LogP contribution in [-0.4, -0.2) is 18.0 Å². The Morgan fingerprint density at radius 3 is 2.33 bits per heavy atom. The monoisotopic (exact) mass is 340 g/mol. The summed E-state index contributed by atoms with van der Waals surface area (Å²) in [4.78, 5) is 13.6. The Labute approximate surface area is 148 Å². The molecule has 0 spiro atoms. The summed E-state index contributed by atoms with van der Waals surface area (Å²) in [5, 5.41) is 3.13. The number of thioether (sulfide) groups is 1. The SMILES string of the molecule is NC1CCC(NC(=O)c2ccc(CSc3ccccc3)cc2)CC1. The van der Waals surface area contributed by atoms with Gasteiger partial charge in [-0.3, -0.25) is 4.79 Å². The standard InChI is InChI=1S/C20H24N2OS/c21-17-10-12-18(13-11-17)22-20(23)16-8-6-15(7-9-16)14-24-19-4-2-1-3-5-19/h1-9,17-18H,10-14,21H2,(H,22,23). The molecule has 0 saturated heterocycles. The van der Waals surface area contributed by atoms with E-state index in [0.717, 1.165) is 37.0 Å². The van der Waals surface area contributed by atoms with Gasteiger partial charge in [0.1, 0.15) is 0 Å². The molecule has 2 aromatic rings. The molecule has 0 radical (unpaired) electrons. The molecule has 1 saturated carbocycles. The molecule has 3 nitrogen and oxygen atoms in total. The number of hydrogen-bond donors (Lipinski definition) is 2. The summed E-state index contributed by atoms with van der Waals surface area (Å²) in [6, 6.07) is 18.9. The molecule has 0 aromatic heterocycles. The van der Waals surface area contributed by atoms with Gasteiger partial charge in [0.25, 0.3) is 5.91 Å². The van der Waals surface area contributed by atoms with Gasteiger partial charge >= 0.3 is 0 Å². The number of hydrogen-bond acceptors (Lipinski definition) is 3. The number of nitrogens with one attached hydrogen (secondary N) is 1. The van der Waals surface area contributed by atoms with Crippen molar-refractivity contribution < 1.29 is 4.79 Å². The minimum absolute atomic E-state index is 0.0257. The van der Waals surface area contributed by atoms with Gasteiger partial charge in [0.2, 0.25) is 0 Å². The predicted molar refractivity (Wildman–Crippen MR) is 100 cm³/mol. The molecule has 0 bridgehead atoms. The molecule has 3 rings (SSSR count). The van der Waals surface area contributed by atoms with Crippen LogP contribution >= 0.6 is 11.8 Å². The van der Waals surface area contributed by atoms with Gasteiger partial charge in [-0.1, -0.05) is 30.3 Å². The third kappa shape index (κ3) is 4.86. The quantitative estimate of drug-likeness (QED) is 0.810. The number of nitrogens with two attached hydrogens (primary N) is 1. The lowest BCUT2D eigenvalue weighted by Crippen LogP contribution is -2.40. The van der Waals surface area contributed by atoms with Crippen LogP contribution in [-0.2, 0) is 5.75 Å². The molecule has 3 N–H and O–H groups in total. The molecule has 126 valence electrons. The molecule has 1 aliphatic carbocycles. The number of amides is 1. The van der Waals surface area contributed by atoms with Gasteiger partial charge in [0, 0.05) is 28.3 Å². The van der Waals surface area contributed by atoms with Gasteiger partial charge < -0.3 is 11.1 Å². The van der Waals surface area contributed by atoms with Gasteiger partial charge in [0.15, 0.2) is 0 Å². The van der Waals surface area contributed by atoms with Crippen molar-refractivity contribution in [3.8, 4) is 0 Å². The van der Waals surface area contributed by atoms with Gasteiger partial charge in [-0.25, -0.2) is 0 Å². The van der Waals surface area contributed by atoms with Crippen molar-refractivity contribution in [2.45, 2.75) is 48.4 Å². The van der Waals surface area contributed by atoms with E-state index in [-0.39, 0.29) is 11.9 Å². The molecular weight excluding hydrogens is 316 g/mol. The zero-order chi connectivity index (χ0) is 16.8. The maximum absolute atomic E-state index is 12.3. The molecule has 0 unspecified atom stereocenters. The first-order valence-electron chi connectivity index (χ1n) is 8.54. The first kappa shape index (κ1) is 17.1. The third-order valence-electron chi connectivity index (χ3n) is 4.47. The Morgan fingerprint density at radius 2 is 1.67 bits per heavy atom. The van der Waals surface area contributed by atoms with E-state index in [1.807, 2.05) is 42.5 Å². The van der Waals surface area contributed by atoms with E-state index in [2.05, 4.69) is 17.4 Å². The second kappa shape index (κ2) is 8.36. The topological polar surface area (TPSA) is 55.1 Å². The van der Waals surface area contributed by atoms with E-state index in [9.17, 15) is 4.79 Å². The van der Waals surface area contributed by atoms with Crippen molar-refractivity contribution >= 4 is 17.7 Å². The van der Waals surface area contributed by atoms with Crippen LogP contribution in [0.2, 0.25) is 0 Å². The molecule has 0 aliphatic heterocycles. The zero-order valence-electron chi connectivity index (χ0n) is 13.8. The maximum Gasteiger partial charge on any atom is 0.251 e. The summed E-state index contributed by atoms with van der Waals surface area (Å²) in [5.41, 5.74) is 7.87. The Balaban J connectivity index is 1.51. The van der Waals surface area contributed by atoms with Crippen LogP contribution in [0, 0.1) is 0 Å². The van der Waals surface area contributed by atoms with Gasteiger partial charge in [-0.15, -0.1) is 11.8 Å². The number of benzene rings is 2. The first-order chi connectivity index (χ1) is 11.7. The molecule has 24 heavy (non-hydrogen) atoms. The number of carbonyl (C=O) groups excluding carboxylic acids is 1. The lowest BCUT2D eigenvalue weighted by atomic mass is 9.91. The van der Waals surface area contributed by atoms with Crippen LogP contribution in [0.15, 0.2) is 59.5 Å². The van der Waals surface area contributed by atoms with Crippen molar-refractivity contribution in [2.24, 2.45) is 5.73 Å². The van der Waals surface area contributed by atoms with Crippen LogP contribution in [0.25, 0.3) is 0 Å². The summed E-state index contributed by atoms with van der Waals surface area (Å²) in [7, 11) is 0. The Kier molecular flexibility index (Phi) is 5.94. The fourth-order valence-corrected chi connectivity index (χ4v) is 3.84. The lowest BCUT2D eigenvalue weighted by molar-refractivity contribution is 0.0926. The van der Waals surface area contributed by atoms with Gasteiger partial charge in [0.05, 0.1) is 0 Å². The summed E-state index contributed by atoms with van der Waals surface area (Å²) >= 11 is 1.80. The largest absolute Gasteiger partial charge is 0.349 e. The van der Waals surface area contributed by atoms with Crippen LogP contribution in [0.1, 0.15) is 41.6 Å². The average molecular weight is 340 g/mol. The van der Waals surface area contributed by atoms with E-state index < -0.39 is 0 Å². The van der Waals surface area contributed by atoms with E-state index in [1.54, 1.807) is 11.8 Å². The van der Waals surface area contributed by atoms with Crippen LogP contribution in [0.3, 0.4) is 0 Å². The van der Waals surface area contributed by atoms with Gasteiger partial charge in [-0.05, 0) is 55.5 Å². The van der Waals surface area contributed by atoms with Crippen LogP contribution < -0.4 is 11.1 Å². The van der Waals surface area contributed by atoms with Crippen LogP contribution in [0.4, 0.5) is 0 Å². The van der Waals surface area contributed by atoms with Crippen LogP contribution in [0.5, 0.6) is 0 Å². The van der Waals surface area contributed by atoms with Gasteiger partial charge in [-0.2, -0.15) is 0 Å². The second-order valence-electron chi connectivity index (χ2n) is 6.38. The van der Waals surface area contributed by atoms with Crippen molar-refractivity contribution in [3.63, 3.8) is 0 Å². The molecule has 1 amide bonds. The van der Waals surface area contributed by atoms with Crippen molar-refractivity contribution in [1.82, 2.24) is 5.32 Å². The maximum atomic E-state index is 12.3. The highest BCUT2D eigenvalue weighted by atomic mass is 32.2. The molecule has 1 aliphatic rings. The number of rotatable bonds is 5. The summed E-state index contributed by atoms with van der Waals surface area (Å²) in [5.74, 6) is 0.935. The van der Waals surface area contributed by atoms with E-state index >= 15 is 0 Å². The molecular formula is C20H24N2OS. The minimum Gasteiger partial charge on any atom is -0.349 e. The normalized spacial score (nSPS) is 20.5. The predicted octanol–water partition coefficient (Wildman–Crippen LogP) is 3.98. The zero-order valence-corrected chi connectivity index (χ0v) is 14.6. The molecule has 2 aromatic carbocycles. The smallest absolute Gasteiger partial charge is 0.251 e. The Bertz CT molecular complexity index is 649. The van der Waals surface area contributed by atoms with E-state index in [1.165, 1.54) is 10.5 Å². The molecule has 1 fully saturated rings. The van der Waals surface area contributed by atoms with Crippen molar-refractivity contribution in [1.29, 1.82) is 0 Å². The van der Waals surface area contributed by atoms with Crippen molar-refractivity contribution in [3.05, 3.63) is 65.7 Å². The highest BCUT2D eigenvalue weighted by Gasteiger charge is 2.20. The second-order valence-corrected chi connectivity index (χ2v) is 7.43. The fraction of sp³-hybridized carbons (Fsp3) is 0.350. The molecule has 0 heterocycles. The average Bonchev–Trinajstić information content (AvgIpc) is 2.63. The number of carbonyl (C=O) groups is 1. The Morgan fingerprint density at radius 1 is 1.00 bits per heavy atom. The highest BCUT2D eigenvalue weighted by Crippen LogP contribution is 2.22. The summed E-state index contributed by atoms with van der Waals surface area (Å²) in [6.07, 6.45) is 3.97. The fourth-order valence-electron chi connectivity index (χ4n) is 2.97. The van der Waals surface area contributed by atoms with E-state index in [4.69, 9.17) is 5.73 Å². The first-order valence-corrected chi connectivity index (χ1v) is 9.52. The minimum atomic E-state index is 0.0257. The highest BCUT2D eigenvalue weighted by molar-refractivity contribution is 7.98. The third-order valence-corrected chi connectivity index (χ3v) is 5.56. The molecule has 4 heteroatoms. The lowest BCUT2D eigenvalue weighted by Gasteiger charge is -2.26. The molecule has 0 atom stereocenters. The summed E-state index contributed by atoms with van der Waals surface area (Å²) in [6.45, 7) is 0. The van der Waals surface area contributed by atoms with Crippen molar-refractivity contribution in [2.75, 3.05) is 0 Å².